The van der Waals surface area contributed by atoms with Crippen molar-refractivity contribution in [3.63, 3.8) is 0 Å². The summed E-state index contributed by atoms with van der Waals surface area (Å²) in [5.74, 6) is -0.235. The topological polar surface area (TPSA) is 46.2 Å². The van der Waals surface area contributed by atoms with E-state index in [0.717, 1.165) is 17.7 Å². The lowest BCUT2D eigenvalue weighted by Crippen LogP contribution is -2.14. The van der Waals surface area contributed by atoms with Gasteiger partial charge in [-0.25, -0.2) is 0 Å². The van der Waals surface area contributed by atoms with E-state index >= 15 is 0 Å². The van der Waals surface area contributed by atoms with Crippen molar-refractivity contribution in [2.24, 2.45) is 0 Å². The second-order valence-electron chi connectivity index (χ2n) is 7.88. The summed E-state index contributed by atoms with van der Waals surface area (Å²) in [6.07, 6.45) is 13.9. The fourth-order valence-electron chi connectivity index (χ4n) is 3.56. The molecule has 31 heavy (non-hydrogen) atoms. The van der Waals surface area contributed by atoms with E-state index in [2.05, 4.69) is 12.2 Å². The van der Waals surface area contributed by atoms with Crippen molar-refractivity contribution in [3.05, 3.63) is 51.4 Å². The Morgan fingerprint density at radius 3 is 2.16 bits per heavy atom. The first kappa shape index (κ1) is 26.3. The summed E-state index contributed by atoms with van der Waals surface area (Å²) in [5, 5.41) is 3.96. The van der Waals surface area contributed by atoms with Crippen LogP contribution in [0.5, 0.6) is 0 Å². The van der Waals surface area contributed by atoms with Crippen LogP contribution in [0.2, 0.25) is 5.02 Å². The summed E-state index contributed by atoms with van der Waals surface area (Å²) in [7, 11) is 0. The monoisotopic (exact) mass is 573 g/mol. The van der Waals surface area contributed by atoms with Crippen molar-refractivity contribution in [1.82, 2.24) is 0 Å². The van der Waals surface area contributed by atoms with Crippen LogP contribution in [-0.2, 0) is 11.2 Å². The molecule has 0 saturated carbocycles. The predicted octanol–water partition coefficient (Wildman–Crippen LogP) is 8.47. The first-order chi connectivity index (χ1) is 15.1. The van der Waals surface area contributed by atoms with Gasteiger partial charge >= 0.3 is 0 Å². The Kier molecular flexibility index (Phi) is 12.8. The van der Waals surface area contributed by atoms with Crippen molar-refractivity contribution in [3.8, 4) is 0 Å². The number of hydrogen-bond donors (Lipinski definition) is 1. The Labute approximate surface area is 209 Å². The van der Waals surface area contributed by atoms with Crippen LogP contribution in [0.1, 0.15) is 91.9 Å². The standard InChI is InChI=1S/C25H33ClINO2S/c1-2-3-4-5-6-7-8-9-10-11-14-19-17-21(25(31-19)28-23(29)18-27)24(30)20-15-12-13-16-22(20)26/h12-13,15-17H,2-11,14,18H2,1H3,(H,28,29). The summed E-state index contributed by atoms with van der Waals surface area (Å²) in [4.78, 5) is 26.2. The second kappa shape index (κ2) is 15.0. The van der Waals surface area contributed by atoms with Crippen molar-refractivity contribution >= 4 is 62.2 Å². The summed E-state index contributed by atoms with van der Waals surface area (Å²) in [5.41, 5.74) is 1.01. The van der Waals surface area contributed by atoms with Gasteiger partial charge in [-0.15, -0.1) is 11.3 Å². The molecule has 1 aromatic heterocycles. The largest absolute Gasteiger partial charge is 0.316 e. The van der Waals surface area contributed by atoms with E-state index in [9.17, 15) is 9.59 Å². The third-order valence-corrected chi connectivity index (χ3v) is 7.43. The summed E-state index contributed by atoms with van der Waals surface area (Å²) in [6.45, 7) is 2.25. The van der Waals surface area contributed by atoms with Crippen molar-refractivity contribution in [2.75, 3.05) is 9.74 Å². The zero-order chi connectivity index (χ0) is 22.5. The molecule has 6 heteroatoms. The molecule has 0 spiro atoms. The van der Waals surface area contributed by atoms with Crippen LogP contribution in [0.4, 0.5) is 5.00 Å². The van der Waals surface area contributed by atoms with Gasteiger partial charge in [0.15, 0.2) is 5.78 Å². The predicted molar refractivity (Wildman–Crippen MR) is 142 cm³/mol. The highest BCUT2D eigenvalue weighted by atomic mass is 127. The maximum absolute atomic E-state index is 13.1. The van der Waals surface area contributed by atoms with E-state index in [1.54, 1.807) is 18.2 Å². The molecule has 2 aromatic rings. The van der Waals surface area contributed by atoms with Crippen molar-refractivity contribution in [2.45, 2.75) is 77.6 Å². The number of anilines is 1. The number of hydrogen-bond acceptors (Lipinski definition) is 3. The molecule has 0 saturated heterocycles. The number of ketones is 1. The number of amides is 1. The van der Waals surface area contributed by atoms with E-state index in [4.69, 9.17) is 11.6 Å². The van der Waals surface area contributed by atoms with Gasteiger partial charge in [0.25, 0.3) is 0 Å². The Hall–Kier alpha value is -0.920. The lowest BCUT2D eigenvalue weighted by molar-refractivity contribution is -0.113. The smallest absolute Gasteiger partial charge is 0.234 e. The molecule has 0 radical (unpaired) electrons. The highest BCUT2D eigenvalue weighted by Gasteiger charge is 2.20. The fourth-order valence-corrected chi connectivity index (χ4v) is 5.09. The van der Waals surface area contributed by atoms with Crippen LogP contribution in [0.15, 0.2) is 30.3 Å². The molecule has 1 amide bonds. The molecular formula is C25H33ClINO2S. The number of halogens is 2. The molecule has 0 aliphatic heterocycles. The van der Waals surface area contributed by atoms with Crippen LogP contribution in [-0.4, -0.2) is 16.1 Å². The fraction of sp³-hybridized carbons (Fsp3) is 0.520. The Balaban J connectivity index is 1.89. The normalized spacial score (nSPS) is 10.9. The van der Waals surface area contributed by atoms with Gasteiger partial charge in [0, 0.05) is 10.4 Å². The molecule has 0 aliphatic carbocycles. The molecule has 0 unspecified atom stereocenters. The van der Waals surface area contributed by atoms with Crippen LogP contribution in [0.3, 0.4) is 0 Å². The maximum atomic E-state index is 13.1. The lowest BCUT2D eigenvalue weighted by atomic mass is 10.0. The van der Waals surface area contributed by atoms with Crippen molar-refractivity contribution < 1.29 is 9.59 Å². The van der Waals surface area contributed by atoms with Gasteiger partial charge in [-0.05, 0) is 31.0 Å². The summed E-state index contributed by atoms with van der Waals surface area (Å²) in [6, 6.07) is 9.00. The third-order valence-electron chi connectivity index (χ3n) is 5.30. The van der Waals surface area contributed by atoms with E-state index < -0.39 is 0 Å². The number of aryl methyl sites for hydroxylation is 1. The maximum Gasteiger partial charge on any atom is 0.234 e. The minimum atomic E-state index is -0.139. The molecule has 1 aromatic carbocycles. The van der Waals surface area contributed by atoms with Gasteiger partial charge in [-0.3, -0.25) is 9.59 Å². The first-order valence-electron chi connectivity index (χ1n) is 11.3. The molecule has 0 bridgehead atoms. The third kappa shape index (κ3) is 9.22. The summed E-state index contributed by atoms with van der Waals surface area (Å²) < 4.78 is 0.350. The number of carbonyl (C=O) groups excluding carboxylic acids is 2. The molecule has 2 rings (SSSR count). The Morgan fingerprint density at radius 1 is 0.935 bits per heavy atom. The number of carbonyl (C=O) groups is 2. The Bertz CT molecular complexity index is 837. The molecule has 0 aliphatic rings. The number of rotatable bonds is 15. The molecule has 3 nitrogen and oxygen atoms in total. The van der Waals surface area contributed by atoms with Gasteiger partial charge < -0.3 is 5.32 Å². The van der Waals surface area contributed by atoms with E-state index in [1.807, 2.05) is 34.7 Å². The van der Waals surface area contributed by atoms with Gasteiger partial charge in [0.1, 0.15) is 5.00 Å². The quantitative estimate of drug-likeness (QED) is 0.101. The van der Waals surface area contributed by atoms with Crippen LogP contribution >= 0.6 is 45.5 Å². The van der Waals surface area contributed by atoms with Crippen LogP contribution in [0, 0.1) is 0 Å². The highest BCUT2D eigenvalue weighted by Crippen LogP contribution is 2.33. The number of alkyl halides is 1. The number of unbranched alkanes of at least 4 members (excludes halogenated alkanes) is 9. The van der Waals surface area contributed by atoms with Crippen LogP contribution < -0.4 is 5.32 Å². The van der Waals surface area contributed by atoms with E-state index in [-0.39, 0.29) is 11.7 Å². The molecule has 170 valence electrons. The number of benzene rings is 1. The van der Waals surface area contributed by atoms with Crippen molar-refractivity contribution in [1.29, 1.82) is 0 Å². The first-order valence-corrected chi connectivity index (χ1v) is 14.1. The van der Waals surface area contributed by atoms with E-state index in [0.29, 0.717) is 25.6 Å². The zero-order valence-electron chi connectivity index (χ0n) is 18.4. The molecular weight excluding hydrogens is 541 g/mol. The molecule has 0 atom stereocenters. The average molecular weight is 574 g/mol. The Morgan fingerprint density at radius 2 is 1.55 bits per heavy atom. The minimum absolute atomic E-state index is 0.0962. The second-order valence-corrected chi connectivity index (χ2v) is 10.2. The average Bonchev–Trinajstić information content (AvgIpc) is 3.17. The lowest BCUT2D eigenvalue weighted by Gasteiger charge is -2.05. The number of thiophene rings is 1. The zero-order valence-corrected chi connectivity index (χ0v) is 22.1. The molecule has 1 N–H and O–H groups in total. The highest BCUT2D eigenvalue weighted by molar-refractivity contribution is 14.1. The number of nitrogens with one attached hydrogen (secondary N) is 1. The van der Waals surface area contributed by atoms with Gasteiger partial charge in [0.2, 0.25) is 5.91 Å². The summed E-state index contributed by atoms with van der Waals surface area (Å²) >= 11 is 9.77. The van der Waals surface area contributed by atoms with Gasteiger partial charge in [-0.2, -0.15) is 0 Å². The molecule has 0 fully saturated rings. The SMILES string of the molecule is CCCCCCCCCCCCc1cc(C(=O)c2ccccc2Cl)c(NC(=O)CI)s1. The van der Waals surface area contributed by atoms with E-state index in [1.165, 1.54) is 69.1 Å². The molecule has 1 heterocycles. The van der Waals surface area contributed by atoms with Crippen LogP contribution in [0.25, 0.3) is 0 Å². The minimum Gasteiger partial charge on any atom is -0.316 e. The van der Waals surface area contributed by atoms with Gasteiger partial charge in [0.05, 0.1) is 15.0 Å². The van der Waals surface area contributed by atoms with Gasteiger partial charge in [-0.1, -0.05) is 111 Å².